The minimum absolute atomic E-state index is 0.251. The van der Waals surface area contributed by atoms with Gasteiger partial charge in [0.2, 0.25) is 10.0 Å². The number of nitrogens with zero attached hydrogens (tertiary/aromatic N) is 1. The molecule has 1 saturated heterocycles. The number of anilines is 1. The van der Waals surface area contributed by atoms with Gasteiger partial charge in [-0.3, -0.25) is 4.31 Å². The van der Waals surface area contributed by atoms with Crippen molar-refractivity contribution in [1.82, 2.24) is 10.6 Å². The SMILES string of the molecule is CN(c1ccc(OC2CCCC2)c(CN[C@H]2CCCN[C@H]2c2ccccc2)c1)S(C)(=O)=O. The predicted octanol–water partition coefficient (Wildman–Crippen LogP) is 3.99. The number of benzene rings is 2. The van der Waals surface area contributed by atoms with Crippen molar-refractivity contribution < 1.29 is 13.2 Å². The molecular weight excluding hydrogens is 422 g/mol. The smallest absolute Gasteiger partial charge is 0.231 e. The van der Waals surface area contributed by atoms with E-state index >= 15 is 0 Å². The summed E-state index contributed by atoms with van der Waals surface area (Å²) in [6, 6.07) is 16.8. The number of hydrogen-bond donors (Lipinski definition) is 2. The summed E-state index contributed by atoms with van der Waals surface area (Å²) >= 11 is 0. The monoisotopic (exact) mass is 457 g/mol. The molecule has 1 heterocycles. The number of ether oxygens (including phenoxy) is 1. The Bertz CT molecular complexity index is 991. The molecular formula is C25H35N3O3S. The van der Waals surface area contributed by atoms with Crippen molar-refractivity contribution in [1.29, 1.82) is 0 Å². The summed E-state index contributed by atoms with van der Waals surface area (Å²) in [5, 5.41) is 7.41. The third kappa shape index (κ3) is 5.63. The van der Waals surface area contributed by atoms with Gasteiger partial charge in [0.15, 0.2) is 0 Å². The van der Waals surface area contributed by atoms with Crippen molar-refractivity contribution >= 4 is 15.7 Å². The quantitative estimate of drug-likeness (QED) is 0.627. The summed E-state index contributed by atoms with van der Waals surface area (Å²) in [4.78, 5) is 0. The Morgan fingerprint density at radius 3 is 2.53 bits per heavy atom. The Balaban J connectivity index is 1.55. The van der Waals surface area contributed by atoms with E-state index < -0.39 is 10.0 Å². The molecule has 1 aliphatic heterocycles. The van der Waals surface area contributed by atoms with Gasteiger partial charge in [-0.15, -0.1) is 0 Å². The van der Waals surface area contributed by atoms with Crippen LogP contribution in [-0.4, -0.2) is 40.4 Å². The van der Waals surface area contributed by atoms with Gasteiger partial charge < -0.3 is 15.4 Å². The zero-order chi connectivity index (χ0) is 22.6. The van der Waals surface area contributed by atoms with Crippen LogP contribution >= 0.6 is 0 Å². The highest BCUT2D eigenvalue weighted by Gasteiger charge is 2.26. The lowest BCUT2D eigenvalue weighted by Gasteiger charge is -2.34. The maximum Gasteiger partial charge on any atom is 0.231 e. The molecule has 32 heavy (non-hydrogen) atoms. The van der Waals surface area contributed by atoms with Gasteiger partial charge in [0.25, 0.3) is 0 Å². The topological polar surface area (TPSA) is 70.7 Å². The second-order valence-corrected chi connectivity index (χ2v) is 11.0. The number of rotatable bonds is 8. The average molecular weight is 458 g/mol. The first-order valence-corrected chi connectivity index (χ1v) is 13.5. The molecule has 0 aromatic heterocycles. The molecule has 0 amide bonds. The van der Waals surface area contributed by atoms with E-state index in [9.17, 15) is 8.42 Å². The molecule has 2 N–H and O–H groups in total. The molecule has 0 spiro atoms. The Hall–Kier alpha value is -2.09. The maximum atomic E-state index is 12.1. The van der Waals surface area contributed by atoms with Crippen LogP contribution in [0.5, 0.6) is 5.75 Å². The second kappa shape index (κ2) is 10.2. The van der Waals surface area contributed by atoms with Crippen LogP contribution < -0.4 is 19.7 Å². The van der Waals surface area contributed by atoms with Crippen LogP contribution in [0.3, 0.4) is 0 Å². The highest BCUT2D eigenvalue weighted by Crippen LogP contribution is 2.31. The number of sulfonamides is 1. The van der Waals surface area contributed by atoms with Gasteiger partial charge in [0.05, 0.1) is 18.0 Å². The van der Waals surface area contributed by atoms with Crippen LogP contribution in [0.15, 0.2) is 48.5 Å². The van der Waals surface area contributed by atoms with Gasteiger partial charge in [0, 0.05) is 31.2 Å². The lowest BCUT2D eigenvalue weighted by Crippen LogP contribution is -2.45. The Labute approximate surface area is 192 Å². The predicted molar refractivity (Wildman–Crippen MR) is 130 cm³/mol. The van der Waals surface area contributed by atoms with Crippen molar-refractivity contribution in [3.63, 3.8) is 0 Å². The molecule has 4 rings (SSSR count). The van der Waals surface area contributed by atoms with Gasteiger partial charge in [-0.2, -0.15) is 0 Å². The summed E-state index contributed by atoms with van der Waals surface area (Å²) < 4.78 is 31.8. The number of piperidine rings is 1. The van der Waals surface area contributed by atoms with Crippen LogP contribution in [0.25, 0.3) is 0 Å². The average Bonchev–Trinajstić information content (AvgIpc) is 3.31. The van der Waals surface area contributed by atoms with Crippen LogP contribution in [0.2, 0.25) is 0 Å². The molecule has 7 heteroatoms. The van der Waals surface area contributed by atoms with Gasteiger partial charge in [-0.05, 0) is 68.8 Å². The highest BCUT2D eigenvalue weighted by molar-refractivity contribution is 7.92. The lowest BCUT2D eigenvalue weighted by atomic mass is 9.92. The zero-order valence-corrected chi connectivity index (χ0v) is 19.9. The zero-order valence-electron chi connectivity index (χ0n) is 19.1. The molecule has 2 aromatic rings. The molecule has 1 aliphatic carbocycles. The maximum absolute atomic E-state index is 12.1. The van der Waals surface area contributed by atoms with E-state index in [4.69, 9.17) is 4.74 Å². The van der Waals surface area contributed by atoms with E-state index in [1.165, 1.54) is 29.0 Å². The fourth-order valence-electron chi connectivity index (χ4n) is 4.75. The molecule has 2 aliphatic rings. The van der Waals surface area contributed by atoms with Crippen molar-refractivity contribution in [3.05, 3.63) is 59.7 Å². The summed E-state index contributed by atoms with van der Waals surface area (Å²) in [6.07, 6.45) is 8.28. The molecule has 2 fully saturated rings. The fourth-order valence-corrected chi connectivity index (χ4v) is 5.25. The third-order valence-corrected chi connectivity index (χ3v) is 7.88. The lowest BCUT2D eigenvalue weighted by molar-refractivity contribution is 0.206. The van der Waals surface area contributed by atoms with Crippen LogP contribution in [-0.2, 0) is 16.6 Å². The van der Waals surface area contributed by atoms with E-state index in [0.717, 1.165) is 43.5 Å². The van der Waals surface area contributed by atoms with Crippen molar-refractivity contribution in [2.24, 2.45) is 0 Å². The molecule has 1 saturated carbocycles. The fraction of sp³-hybridized carbons (Fsp3) is 0.520. The Morgan fingerprint density at radius 1 is 1.06 bits per heavy atom. The van der Waals surface area contributed by atoms with Crippen LogP contribution in [0.1, 0.15) is 55.7 Å². The minimum atomic E-state index is -3.33. The highest BCUT2D eigenvalue weighted by atomic mass is 32.2. The largest absolute Gasteiger partial charge is 0.490 e. The van der Waals surface area contributed by atoms with Crippen molar-refractivity contribution in [2.75, 3.05) is 24.2 Å². The first-order chi connectivity index (χ1) is 15.4. The molecule has 174 valence electrons. The summed E-state index contributed by atoms with van der Waals surface area (Å²) in [6.45, 7) is 1.64. The summed E-state index contributed by atoms with van der Waals surface area (Å²) in [5.74, 6) is 0.857. The van der Waals surface area contributed by atoms with Gasteiger partial charge >= 0.3 is 0 Å². The van der Waals surface area contributed by atoms with E-state index in [2.05, 4.69) is 34.9 Å². The normalized spacial score (nSPS) is 22.1. The van der Waals surface area contributed by atoms with Crippen LogP contribution in [0, 0.1) is 0 Å². The van der Waals surface area contributed by atoms with E-state index in [0.29, 0.717) is 18.3 Å². The van der Waals surface area contributed by atoms with Crippen molar-refractivity contribution in [3.8, 4) is 5.75 Å². The molecule has 0 unspecified atom stereocenters. The third-order valence-electron chi connectivity index (χ3n) is 6.67. The molecule has 2 atom stereocenters. The molecule has 0 bridgehead atoms. The molecule has 0 radical (unpaired) electrons. The summed E-state index contributed by atoms with van der Waals surface area (Å²) in [5.41, 5.74) is 2.95. The Kier molecular flexibility index (Phi) is 7.38. The standard InChI is InChI=1S/C25H35N3O3S/c1-28(32(2,29)30)21-14-15-24(31-22-11-6-7-12-22)20(17-21)18-27-23-13-8-16-26-25(23)19-9-4-3-5-10-19/h3-5,9-10,14-15,17,22-23,25-27H,6-8,11-13,16,18H2,1-2H3/t23-,25-/m0/s1. The van der Waals surface area contributed by atoms with E-state index in [1.54, 1.807) is 7.05 Å². The summed E-state index contributed by atoms with van der Waals surface area (Å²) in [7, 11) is -1.73. The van der Waals surface area contributed by atoms with Crippen molar-refractivity contribution in [2.45, 2.75) is 63.3 Å². The minimum Gasteiger partial charge on any atom is -0.490 e. The first kappa shape index (κ1) is 23.1. The molecule has 6 nitrogen and oxygen atoms in total. The first-order valence-electron chi connectivity index (χ1n) is 11.7. The number of hydrogen-bond acceptors (Lipinski definition) is 5. The number of nitrogens with one attached hydrogen (secondary N) is 2. The Morgan fingerprint density at radius 2 is 1.81 bits per heavy atom. The van der Waals surface area contributed by atoms with E-state index in [1.807, 2.05) is 24.3 Å². The van der Waals surface area contributed by atoms with E-state index in [-0.39, 0.29) is 12.1 Å². The van der Waals surface area contributed by atoms with Gasteiger partial charge in [0.1, 0.15) is 5.75 Å². The molecule has 2 aromatic carbocycles. The van der Waals surface area contributed by atoms with Gasteiger partial charge in [-0.1, -0.05) is 30.3 Å². The van der Waals surface area contributed by atoms with Crippen LogP contribution in [0.4, 0.5) is 5.69 Å². The van der Waals surface area contributed by atoms with Gasteiger partial charge in [-0.25, -0.2) is 8.42 Å². The second-order valence-electron chi connectivity index (χ2n) is 9.02.